The molecule has 2 heterocycles. The summed E-state index contributed by atoms with van der Waals surface area (Å²) in [5.41, 5.74) is 1.29. The van der Waals surface area contributed by atoms with Crippen molar-refractivity contribution in [2.45, 2.75) is 18.9 Å². The molecule has 1 aliphatic rings. The number of nitrogens with one attached hydrogen (secondary N) is 1. The van der Waals surface area contributed by atoms with Crippen LogP contribution in [0.5, 0.6) is 0 Å². The van der Waals surface area contributed by atoms with Crippen LogP contribution in [0.2, 0.25) is 0 Å². The molecule has 0 spiro atoms. The summed E-state index contributed by atoms with van der Waals surface area (Å²) < 4.78 is 13.1. The number of carbonyl (C=O) groups excluding carboxylic acids is 2. The summed E-state index contributed by atoms with van der Waals surface area (Å²) in [7, 11) is 0. The Labute approximate surface area is 165 Å². The van der Waals surface area contributed by atoms with E-state index < -0.39 is 6.04 Å². The first-order valence-corrected chi connectivity index (χ1v) is 9.70. The van der Waals surface area contributed by atoms with E-state index in [-0.39, 0.29) is 17.6 Å². The van der Waals surface area contributed by atoms with Crippen LogP contribution in [0.1, 0.15) is 23.2 Å². The van der Waals surface area contributed by atoms with Gasteiger partial charge in [0.05, 0.1) is 0 Å². The molecule has 1 N–H and O–H groups in total. The third-order valence-corrected chi connectivity index (χ3v) is 5.47. The third kappa shape index (κ3) is 3.77. The lowest BCUT2D eigenvalue weighted by Gasteiger charge is -2.23. The molecule has 0 radical (unpaired) electrons. The number of nitrogens with zero attached hydrogens (tertiary/aromatic N) is 3. The van der Waals surface area contributed by atoms with Crippen molar-refractivity contribution in [2.75, 3.05) is 11.9 Å². The van der Waals surface area contributed by atoms with Crippen LogP contribution in [0.4, 0.5) is 9.52 Å². The van der Waals surface area contributed by atoms with E-state index in [0.29, 0.717) is 28.7 Å². The Kier molecular flexibility index (Phi) is 5.12. The number of carbonyl (C=O) groups is 2. The van der Waals surface area contributed by atoms with Gasteiger partial charge in [-0.2, -0.15) is 0 Å². The van der Waals surface area contributed by atoms with E-state index in [4.69, 9.17) is 0 Å². The van der Waals surface area contributed by atoms with Crippen LogP contribution in [0, 0.1) is 5.82 Å². The Bertz CT molecular complexity index is 991. The summed E-state index contributed by atoms with van der Waals surface area (Å²) in [4.78, 5) is 27.1. The lowest BCUT2D eigenvalue weighted by Crippen LogP contribution is -2.43. The molecule has 2 aromatic carbocycles. The van der Waals surface area contributed by atoms with E-state index in [1.807, 2.05) is 6.07 Å². The van der Waals surface area contributed by atoms with Gasteiger partial charge in [-0.3, -0.25) is 14.9 Å². The molecular weight excluding hydrogens is 379 g/mol. The summed E-state index contributed by atoms with van der Waals surface area (Å²) in [6, 6.07) is 14.3. The number of halogens is 1. The Morgan fingerprint density at radius 1 is 1.07 bits per heavy atom. The summed E-state index contributed by atoms with van der Waals surface area (Å²) in [6.07, 6.45) is 1.38. The van der Waals surface area contributed by atoms with E-state index in [1.165, 1.54) is 23.5 Å². The summed E-state index contributed by atoms with van der Waals surface area (Å²) in [5, 5.41) is 11.7. The molecular formula is C20H17FN4O2S. The SMILES string of the molecule is O=C(Nc1nnc(-c2ccc(F)cc2)s1)C1CCCN1C(=O)c1ccccc1. The van der Waals surface area contributed by atoms with Gasteiger partial charge < -0.3 is 4.90 Å². The van der Waals surface area contributed by atoms with E-state index in [1.54, 1.807) is 41.3 Å². The molecule has 4 rings (SSSR count). The van der Waals surface area contributed by atoms with Gasteiger partial charge in [-0.1, -0.05) is 29.5 Å². The second-order valence-electron chi connectivity index (χ2n) is 6.43. The molecule has 0 saturated carbocycles. The van der Waals surface area contributed by atoms with E-state index in [2.05, 4.69) is 15.5 Å². The molecule has 2 amide bonds. The van der Waals surface area contributed by atoms with Crippen LogP contribution in [0.25, 0.3) is 10.6 Å². The molecule has 142 valence electrons. The van der Waals surface area contributed by atoms with Crippen LogP contribution in [0.15, 0.2) is 54.6 Å². The number of hydrogen-bond donors (Lipinski definition) is 1. The highest BCUT2D eigenvalue weighted by atomic mass is 32.1. The number of benzene rings is 2. The fourth-order valence-corrected chi connectivity index (χ4v) is 3.95. The van der Waals surface area contributed by atoms with Crippen molar-refractivity contribution in [1.82, 2.24) is 15.1 Å². The molecule has 1 atom stereocenters. The van der Waals surface area contributed by atoms with Crippen LogP contribution in [0.3, 0.4) is 0 Å². The molecule has 0 aliphatic carbocycles. The lowest BCUT2D eigenvalue weighted by molar-refractivity contribution is -0.119. The zero-order valence-electron chi connectivity index (χ0n) is 14.8. The second-order valence-corrected chi connectivity index (χ2v) is 7.41. The molecule has 8 heteroatoms. The molecule has 28 heavy (non-hydrogen) atoms. The highest BCUT2D eigenvalue weighted by molar-refractivity contribution is 7.18. The van der Waals surface area contributed by atoms with Crippen LogP contribution in [-0.2, 0) is 4.79 Å². The maximum absolute atomic E-state index is 13.1. The van der Waals surface area contributed by atoms with E-state index in [0.717, 1.165) is 12.0 Å². The third-order valence-electron chi connectivity index (χ3n) is 4.58. The fraction of sp³-hybridized carbons (Fsp3) is 0.200. The number of hydrogen-bond acceptors (Lipinski definition) is 5. The van der Waals surface area contributed by atoms with Gasteiger partial charge in [0.1, 0.15) is 16.9 Å². The largest absolute Gasteiger partial charge is 0.327 e. The number of aromatic nitrogens is 2. The minimum Gasteiger partial charge on any atom is -0.327 e. The molecule has 1 aromatic heterocycles. The quantitative estimate of drug-likeness (QED) is 0.731. The lowest BCUT2D eigenvalue weighted by atomic mass is 10.1. The molecule has 1 saturated heterocycles. The van der Waals surface area contributed by atoms with Crippen LogP contribution in [-0.4, -0.2) is 39.5 Å². The first kappa shape index (κ1) is 18.2. The number of amides is 2. The Morgan fingerprint density at radius 3 is 2.57 bits per heavy atom. The smallest absolute Gasteiger partial charge is 0.254 e. The highest BCUT2D eigenvalue weighted by Gasteiger charge is 2.34. The van der Waals surface area contributed by atoms with Crippen molar-refractivity contribution in [1.29, 1.82) is 0 Å². The van der Waals surface area contributed by atoms with Gasteiger partial charge in [0.2, 0.25) is 11.0 Å². The zero-order valence-corrected chi connectivity index (χ0v) is 15.7. The summed E-state index contributed by atoms with van der Waals surface area (Å²) in [6.45, 7) is 0.544. The van der Waals surface area contributed by atoms with Crippen molar-refractivity contribution >= 4 is 28.3 Å². The molecule has 6 nitrogen and oxygen atoms in total. The van der Waals surface area contributed by atoms with Gasteiger partial charge in [0, 0.05) is 17.7 Å². The van der Waals surface area contributed by atoms with E-state index in [9.17, 15) is 14.0 Å². The van der Waals surface area contributed by atoms with Gasteiger partial charge >= 0.3 is 0 Å². The Balaban J connectivity index is 1.46. The predicted molar refractivity (Wildman–Crippen MR) is 104 cm³/mol. The normalized spacial score (nSPS) is 16.2. The Morgan fingerprint density at radius 2 is 1.82 bits per heavy atom. The average molecular weight is 396 g/mol. The van der Waals surface area contributed by atoms with Crippen molar-refractivity contribution < 1.29 is 14.0 Å². The molecule has 1 fully saturated rings. The average Bonchev–Trinajstić information content (AvgIpc) is 3.38. The monoisotopic (exact) mass is 396 g/mol. The number of anilines is 1. The minimum atomic E-state index is -0.536. The van der Waals surface area contributed by atoms with Gasteiger partial charge in [-0.15, -0.1) is 10.2 Å². The highest BCUT2D eigenvalue weighted by Crippen LogP contribution is 2.27. The van der Waals surface area contributed by atoms with Gasteiger partial charge in [0.25, 0.3) is 5.91 Å². The molecule has 0 bridgehead atoms. The van der Waals surface area contributed by atoms with Crippen LogP contribution >= 0.6 is 11.3 Å². The molecule has 3 aromatic rings. The van der Waals surface area contributed by atoms with Crippen molar-refractivity contribution in [2.24, 2.45) is 0 Å². The summed E-state index contributed by atoms with van der Waals surface area (Å²) >= 11 is 1.20. The predicted octanol–water partition coefficient (Wildman–Crippen LogP) is 3.59. The second kappa shape index (κ2) is 7.85. The van der Waals surface area contributed by atoms with Crippen molar-refractivity contribution in [3.05, 3.63) is 66.0 Å². The van der Waals surface area contributed by atoms with Crippen molar-refractivity contribution in [3.63, 3.8) is 0 Å². The number of rotatable bonds is 4. The van der Waals surface area contributed by atoms with Gasteiger partial charge in [0.15, 0.2) is 0 Å². The maximum atomic E-state index is 13.1. The van der Waals surface area contributed by atoms with E-state index >= 15 is 0 Å². The molecule has 1 unspecified atom stereocenters. The zero-order chi connectivity index (χ0) is 19.5. The fourth-order valence-electron chi connectivity index (χ4n) is 3.20. The molecule has 1 aliphatic heterocycles. The topological polar surface area (TPSA) is 75.2 Å². The first-order chi connectivity index (χ1) is 13.6. The standard InChI is InChI=1S/C20H17FN4O2S/c21-15-10-8-13(9-11-15)18-23-24-20(28-18)22-17(26)16-7-4-12-25(16)19(27)14-5-2-1-3-6-14/h1-3,5-6,8-11,16H,4,7,12H2,(H,22,24,26). The maximum Gasteiger partial charge on any atom is 0.254 e. The van der Waals surface area contributed by atoms with Crippen molar-refractivity contribution in [3.8, 4) is 10.6 Å². The summed E-state index contributed by atoms with van der Waals surface area (Å²) in [5.74, 6) is -0.752. The Hall–Kier alpha value is -3.13. The first-order valence-electron chi connectivity index (χ1n) is 8.88. The van der Waals surface area contributed by atoms with Crippen LogP contribution < -0.4 is 5.32 Å². The van der Waals surface area contributed by atoms with Gasteiger partial charge in [-0.25, -0.2) is 4.39 Å². The minimum absolute atomic E-state index is 0.150. The van der Waals surface area contributed by atoms with Gasteiger partial charge in [-0.05, 0) is 49.2 Å². The number of likely N-dealkylation sites (tertiary alicyclic amines) is 1.